The molecule has 0 bridgehead atoms. The Balaban J connectivity index is 1.38. The Hall–Kier alpha value is -2.34. The average molecular weight is 377 g/mol. The predicted molar refractivity (Wildman–Crippen MR) is 111 cm³/mol. The Labute approximate surface area is 166 Å². The zero-order valence-electron chi connectivity index (χ0n) is 16.6. The molecule has 0 atom stereocenters. The van der Waals surface area contributed by atoms with Crippen molar-refractivity contribution in [2.45, 2.75) is 57.9 Å². The van der Waals surface area contributed by atoms with E-state index >= 15 is 0 Å². The molecule has 0 saturated heterocycles. The number of aromatic nitrogens is 3. The van der Waals surface area contributed by atoms with E-state index in [0.29, 0.717) is 17.9 Å². The van der Waals surface area contributed by atoms with E-state index in [-0.39, 0.29) is 0 Å². The molecule has 146 valence electrons. The van der Waals surface area contributed by atoms with Crippen LogP contribution in [0.15, 0.2) is 29.5 Å². The molecule has 4 heterocycles. The van der Waals surface area contributed by atoms with Crippen LogP contribution in [0.1, 0.15) is 67.7 Å². The summed E-state index contributed by atoms with van der Waals surface area (Å²) >= 11 is 0. The molecule has 1 aliphatic carbocycles. The van der Waals surface area contributed by atoms with Gasteiger partial charge in [0.05, 0.1) is 29.3 Å². The first kappa shape index (κ1) is 17.7. The van der Waals surface area contributed by atoms with E-state index < -0.39 is 0 Å². The quantitative estimate of drug-likeness (QED) is 0.870. The van der Waals surface area contributed by atoms with Gasteiger partial charge in [-0.3, -0.25) is 15.0 Å². The smallest absolute Gasteiger partial charge is 0.156 e. The lowest BCUT2D eigenvalue weighted by atomic mass is 9.71. The van der Waals surface area contributed by atoms with Crippen LogP contribution in [-0.2, 0) is 13.0 Å². The van der Waals surface area contributed by atoms with Gasteiger partial charge in [0.1, 0.15) is 5.69 Å². The molecule has 6 nitrogen and oxygen atoms in total. The fourth-order valence-corrected chi connectivity index (χ4v) is 4.80. The number of aryl methyl sites for hydroxylation is 1. The van der Waals surface area contributed by atoms with Crippen molar-refractivity contribution in [2.75, 3.05) is 18.0 Å². The SMILES string of the molecule is CC1(CN)CCC(c2cnc3c(n2)CN=C3N2CCCc3ncccc32)CC1. The highest BCUT2D eigenvalue weighted by Crippen LogP contribution is 2.42. The molecule has 0 radical (unpaired) electrons. The van der Waals surface area contributed by atoms with Gasteiger partial charge in [-0.2, -0.15) is 0 Å². The molecule has 1 fully saturated rings. The van der Waals surface area contributed by atoms with Crippen LogP contribution in [0.5, 0.6) is 0 Å². The molecule has 0 unspecified atom stereocenters. The molecule has 3 aliphatic rings. The molecule has 6 heteroatoms. The van der Waals surface area contributed by atoms with Gasteiger partial charge in [-0.15, -0.1) is 0 Å². The topological polar surface area (TPSA) is 80.3 Å². The lowest BCUT2D eigenvalue weighted by molar-refractivity contribution is 0.206. The van der Waals surface area contributed by atoms with Crippen molar-refractivity contribution in [3.63, 3.8) is 0 Å². The number of pyridine rings is 1. The van der Waals surface area contributed by atoms with Crippen molar-refractivity contribution in [3.05, 3.63) is 47.3 Å². The number of anilines is 1. The summed E-state index contributed by atoms with van der Waals surface area (Å²) in [6.07, 6.45) is 10.6. The minimum atomic E-state index is 0.298. The maximum Gasteiger partial charge on any atom is 0.156 e. The second-order valence-electron chi connectivity index (χ2n) is 8.74. The van der Waals surface area contributed by atoms with Gasteiger partial charge in [-0.05, 0) is 62.6 Å². The number of aliphatic imine (C=N–C) groups is 1. The van der Waals surface area contributed by atoms with Gasteiger partial charge < -0.3 is 10.6 Å². The number of nitrogens with two attached hydrogens (primary N) is 1. The Morgan fingerprint density at radius 2 is 2.07 bits per heavy atom. The Bertz CT molecular complexity index is 913. The Kier molecular flexibility index (Phi) is 4.38. The molecule has 0 spiro atoms. The maximum atomic E-state index is 5.96. The lowest BCUT2D eigenvalue weighted by Gasteiger charge is -2.36. The second kappa shape index (κ2) is 6.92. The fourth-order valence-electron chi connectivity index (χ4n) is 4.80. The van der Waals surface area contributed by atoms with Crippen molar-refractivity contribution in [1.82, 2.24) is 15.0 Å². The van der Waals surface area contributed by atoms with Crippen molar-refractivity contribution in [3.8, 4) is 0 Å². The van der Waals surface area contributed by atoms with Crippen LogP contribution in [0, 0.1) is 5.41 Å². The van der Waals surface area contributed by atoms with Crippen molar-refractivity contribution in [2.24, 2.45) is 16.1 Å². The van der Waals surface area contributed by atoms with E-state index in [1.807, 2.05) is 18.5 Å². The largest absolute Gasteiger partial charge is 0.330 e. The molecule has 2 aromatic rings. The number of nitrogens with zero attached hydrogens (tertiary/aromatic N) is 5. The number of rotatable bonds is 2. The van der Waals surface area contributed by atoms with Gasteiger partial charge in [0.15, 0.2) is 5.84 Å². The Morgan fingerprint density at radius 1 is 1.21 bits per heavy atom. The van der Waals surface area contributed by atoms with E-state index in [1.54, 1.807) is 0 Å². The van der Waals surface area contributed by atoms with Crippen LogP contribution >= 0.6 is 0 Å². The zero-order chi connectivity index (χ0) is 19.1. The average Bonchev–Trinajstić information content (AvgIpc) is 3.17. The van der Waals surface area contributed by atoms with Crippen LogP contribution in [0.3, 0.4) is 0 Å². The van der Waals surface area contributed by atoms with E-state index in [4.69, 9.17) is 20.7 Å². The third-order valence-electron chi connectivity index (χ3n) is 6.77. The molecular formula is C22H28N6. The standard InChI is InChI=1S/C22H28N6/c1-22(14-23)8-6-15(7-9-22)17-12-25-20-18(27-17)13-26-21(20)28-11-3-4-16-19(28)5-2-10-24-16/h2,5,10,12,15H,3-4,6-9,11,13-14,23H2,1H3. The van der Waals surface area contributed by atoms with Gasteiger partial charge in [-0.1, -0.05) is 6.92 Å². The minimum Gasteiger partial charge on any atom is -0.330 e. The number of hydrogen-bond donors (Lipinski definition) is 1. The predicted octanol–water partition coefficient (Wildman–Crippen LogP) is 3.21. The number of fused-ring (bicyclic) bond motifs is 2. The summed E-state index contributed by atoms with van der Waals surface area (Å²) in [6, 6.07) is 4.14. The number of hydrogen-bond acceptors (Lipinski definition) is 6. The number of amidine groups is 1. The molecule has 28 heavy (non-hydrogen) atoms. The van der Waals surface area contributed by atoms with Gasteiger partial charge >= 0.3 is 0 Å². The van der Waals surface area contributed by atoms with Crippen molar-refractivity contribution < 1.29 is 0 Å². The summed E-state index contributed by atoms with van der Waals surface area (Å²) in [5, 5.41) is 0. The lowest BCUT2D eigenvalue weighted by Crippen LogP contribution is -2.36. The van der Waals surface area contributed by atoms with Gasteiger partial charge in [0.2, 0.25) is 0 Å². The minimum absolute atomic E-state index is 0.298. The highest BCUT2D eigenvalue weighted by molar-refractivity contribution is 6.11. The van der Waals surface area contributed by atoms with Crippen LogP contribution in [0.4, 0.5) is 5.69 Å². The summed E-state index contributed by atoms with van der Waals surface area (Å²) < 4.78 is 0. The first-order valence-corrected chi connectivity index (χ1v) is 10.5. The molecule has 2 aliphatic heterocycles. The highest BCUT2D eigenvalue weighted by Gasteiger charge is 2.33. The summed E-state index contributed by atoms with van der Waals surface area (Å²) in [4.78, 5) is 21.5. The van der Waals surface area contributed by atoms with E-state index in [9.17, 15) is 0 Å². The van der Waals surface area contributed by atoms with Crippen molar-refractivity contribution in [1.29, 1.82) is 0 Å². The Morgan fingerprint density at radius 3 is 2.89 bits per heavy atom. The van der Waals surface area contributed by atoms with Crippen LogP contribution in [-0.4, -0.2) is 33.9 Å². The molecule has 0 aromatic carbocycles. The molecular weight excluding hydrogens is 348 g/mol. The summed E-state index contributed by atoms with van der Waals surface area (Å²) in [7, 11) is 0. The normalized spacial score (nSPS) is 26.6. The van der Waals surface area contributed by atoms with Crippen LogP contribution in [0.2, 0.25) is 0 Å². The third-order valence-corrected chi connectivity index (χ3v) is 6.77. The fraction of sp³-hybridized carbons (Fsp3) is 0.545. The van der Waals surface area contributed by atoms with Crippen LogP contribution in [0.25, 0.3) is 0 Å². The first-order valence-electron chi connectivity index (χ1n) is 10.5. The third kappa shape index (κ3) is 3.00. The van der Waals surface area contributed by atoms with Gasteiger partial charge in [-0.25, -0.2) is 4.98 Å². The van der Waals surface area contributed by atoms with Crippen molar-refractivity contribution >= 4 is 11.5 Å². The summed E-state index contributed by atoms with van der Waals surface area (Å²) in [5.41, 5.74) is 11.7. The molecule has 2 N–H and O–H groups in total. The first-order chi connectivity index (χ1) is 13.7. The van der Waals surface area contributed by atoms with Crippen LogP contribution < -0.4 is 10.6 Å². The van der Waals surface area contributed by atoms with Gasteiger partial charge in [0, 0.05) is 24.9 Å². The zero-order valence-corrected chi connectivity index (χ0v) is 16.6. The molecule has 0 amide bonds. The van der Waals surface area contributed by atoms with E-state index in [0.717, 1.165) is 67.4 Å². The molecule has 1 saturated carbocycles. The molecule has 5 rings (SSSR count). The monoisotopic (exact) mass is 376 g/mol. The maximum absolute atomic E-state index is 5.96. The summed E-state index contributed by atoms with van der Waals surface area (Å²) in [5.74, 6) is 1.46. The highest BCUT2D eigenvalue weighted by atomic mass is 15.2. The van der Waals surface area contributed by atoms with E-state index in [2.05, 4.69) is 22.9 Å². The summed E-state index contributed by atoms with van der Waals surface area (Å²) in [6.45, 7) is 4.67. The second-order valence-corrected chi connectivity index (χ2v) is 8.74. The van der Waals surface area contributed by atoms with E-state index in [1.165, 1.54) is 18.5 Å². The van der Waals surface area contributed by atoms with Gasteiger partial charge in [0.25, 0.3) is 0 Å². The molecule has 2 aromatic heterocycles.